The number of nitrogens with one attached hydrogen (secondary N) is 1. The Kier molecular flexibility index (Phi) is 5.70. The molecule has 0 aliphatic heterocycles. The summed E-state index contributed by atoms with van der Waals surface area (Å²) in [7, 11) is 0. The number of hydrogen-bond acceptors (Lipinski definition) is 5. The number of carbonyl (C=O) groups excluding carboxylic acids is 2. The van der Waals surface area contributed by atoms with Crippen LogP contribution in [0, 0.1) is 0 Å². The number of primary amides is 1. The summed E-state index contributed by atoms with van der Waals surface area (Å²) in [5.41, 5.74) is 6.74. The summed E-state index contributed by atoms with van der Waals surface area (Å²) < 4.78 is 5.40. The molecule has 6 nitrogen and oxygen atoms in total. The average Bonchev–Trinajstić information content (AvgIpc) is 2.96. The van der Waals surface area contributed by atoms with Gasteiger partial charge in [-0.1, -0.05) is 0 Å². The van der Waals surface area contributed by atoms with Crippen molar-refractivity contribution in [3.05, 3.63) is 35.3 Å². The summed E-state index contributed by atoms with van der Waals surface area (Å²) in [5, 5.41) is 5.20. The van der Waals surface area contributed by atoms with Crippen LogP contribution in [-0.4, -0.2) is 29.4 Å². The number of aromatic nitrogens is 1. The fraction of sp³-hybridized carbons (Fsp3) is 0.312. The third-order valence-electron chi connectivity index (χ3n) is 3.11. The van der Waals surface area contributed by atoms with Gasteiger partial charge in [0, 0.05) is 10.9 Å². The van der Waals surface area contributed by atoms with Gasteiger partial charge in [-0.05, 0) is 38.1 Å². The topological polar surface area (TPSA) is 94.3 Å². The van der Waals surface area contributed by atoms with Crippen LogP contribution in [-0.2, 0) is 16.0 Å². The maximum absolute atomic E-state index is 11.8. The Hall–Kier alpha value is -2.41. The quantitative estimate of drug-likeness (QED) is 0.807. The Morgan fingerprint density at radius 1 is 1.35 bits per heavy atom. The molecule has 1 heterocycles. The molecule has 1 unspecified atom stereocenters. The molecule has 1 aromatic heterocycles. The van der Waals surface area contributed by atoms with E-state index in [9.17, 15) is 9.59 Å². The lowest BCUT2D eigenvalue weighted by atomic mass is 10.2. The summed E-state index contributed by atoms with van der Waals surface area (Å²) in [6.45, 7) is 4.11. The third-order valence-corrected chi connectivity index (χ3v) is 4.05. The normalized spacial score (nSPS) is 11.7. The van der Waals surface area contributed by atoms with Crippen molar-refractivity contribution in [1.29, 1.82) is 0 Å². The molecule has 7 heteroatoms. The zero-order valence-electron chi connectivity index (χ0n) is 13.0. The molecule has 23 heavy (non-hydrogen) atoms. The smallest absolute Gasteiger partial charge is 0.239 e. The summed E-state index contributed by atoms with van der Waals surface area (Å²) >= 11 is 1.47. The first-order chi connectivity index (χ1) is 11.0. The van der Waals surface area contributed by atoms with E-state index >= 15 is 0 Å². The molecule has 3 N–H and O–H groups in total. The van der Waals surface area contributed by atoms with Gasteiger partial charge in [0.15, 0.2) is 0 Å². The molecule has 0 spiro atoms. The van der Waals surface area contributed by atoms with E-state index in [1.54, 1.807) is 6.92 Å². The molecule has 1 atom stereocenters. The summed E-state index contributed by atoms with van der Waals surface area (Å²) in [4.78, 5) is 27.2. The number of amides is 2. The molecule has 0 saturated carbocycles. The van der Waals surface area contributed by atoms with E-state index in [0.717, 1.165) is 16.3 Å². The van der Waals surface area contributed by atoms with Crippen LogP contribution in [0.4, 0.5) is 0 Å². The van der Waals surface area contributed by atoms with Gasteiger partial charge in [-0.2, -0.15) is 0 Å². The summed E-state index contributed by atoms with van der Waals surface area (Å²) in [6.07, 6.45) is 0.116. The highest BCUT2D eigenvalue weighted by Crippen LogP contribution is 2.25. The molecule has 2 amide bonds. The Labute approximate surface area is 138 Å². The molecule has 0 saturated heterocycles. The minimum Gasteiger partial charge on any atom is -0.494 e. The highest BCUT2D eigenvalue weighted by molar-refractivity contribution is 7.13. The van der Waals surface area contributed by atoms with Crippen LogP contribution in [0.1, 0.15) is 19.5 Å². The van der Waals surface area contributed by atoms with Gasteiger partial charge in [-0.3, -0.25) is 9.59 Å². The number of nitrogens with two attached hydrogens (primary N) is 1. The highest BCUT2D eigenvalue weighted by Gasteiger charge is 2.14. The van der Waals surface area contributed by atoms with E-state index in [0.29, 0.717) is 12.3 Å². The Bertz CT molecular complexity index is 682. The van der Waals surface area contributed by atoms with Crippen LogP contribution in [0.2, 0.25) is 0 Å². The van der Waals surface area contributed by atoms with Gasteiger partial charge >= 0.3 is 0 Å². The van der Waals surface area contributed by atoms with Crippen molar-refractivity contribution in [3.8, 4) is 16.3 Å². The van der Waals surface area contributed by atoms with Crippen molar-refractivity contribution in [1.82, 2.24) is 10.3 Å². The van der Waals surface area contributed by atoms with Crippen molar-refractivity contribution in [3.63, 3.8) is 0 Å². The molecule has 0 fully saturated rings. The zero-order chi connectivity index (χ0) is 16.8. The van der Waals surface area contributed by atoms with E-state index in [-0.39, 0.29) is 12.3 Å². The van der Waals surface area contributed by atoms with Gasteiger partial charge in [-0.25, -0.2) is 4.98 Å². The lowest BCUT2D eigenvalue weighted by Crippen LogP contribution is -2.42. The van der Waals surface area contributed by atoms with Crippen LogP contribution in [0.15, 0.2) is 29.6 Å². The molecule has 122 valence electrons. The molecule has 1 aromatic carbocycles. The molecule has 0 aliphatic carbocycles. The number of thiazole rings is 1. The monoisotopic (exact) mass is 333 g/mol. The second-order valence-electron chi connectivity index (χ2n) is 4.97. The van der Waals surface area contributed by atoms with Crippen LogP contribution in [0.3, 0.4) is 0 Å². The van der Waals surface area contributed by atoms with Crippen LogP contribution >= 0.6 is 11.3 Å². The molecular weight excluding hydrogens is 314 g/mol. The third kappa shape index (κ3) is 4.79. The largest absolute Gasteiger partial charge is 0.494 e. The predicted octanol–water partition coefficient (Wildman–Crippen LogP) is 1.74. The predicted molar refractivity (Wildman–Crippen MR) is 89.2 cm³/mol. The highest BCUT2D eigenvalue weighted by atomic mass is 32.1. The van der Waals surface area contributed by atoms with Gasteiger partial charge in [0.25, 0.3) is 0 Å². The van der Waals surface area contributed by atoms with Crippen molar-refractivity contribution in [2.45, 2.75) is 26.3 Å². The summed E-state index contributed by atoms with van der Waals surface area (Å²) in [6, 6.07) is 6.96. The Morgan fingerprint density at radius 2 is 2.04 bits per heavy atom. The fourth-order valence-corrected chi connectivity index (χ4v) is 2.74. The first kappa shape index (κ1) is 17.0. The average molecular weight is 333 g/mol. The summed E-state index contributed by atoms with van der Waals surface area (Å²) in [5.74, 6) is -0.0283. The van der Waals surface area contributed by atoms with Gasteiger partial charge in [0.05, 0.1) is 18.7 Å². The number of hydrogen-bond donors (Lipinski definition) is 2. The van der Waals surface area contributed by atoms with E-state index in [2.05, 4.69) is 10.3 Å². The van der Waals surface area contributed by atoms with Gasteiger partial charge < -0.3 is 15.8 Å². The minimum absolute atomic E-state index is 0.116. The van der Waals surface area contributed by atoms with Crippen molar-refractivity contribution < 1.29 is 14.3 Å². The number of ether oxygens (including phenoxy) is 1. The van der Waals surface area contributed by atoms with Crippen LogP contribution in [0.5, 0.6) is 5.75 Å². The van der Waals surface area contributed by atoms with E-state index in [1.807, 2.05) is 36.6 Å². The Balaban J connectivity index is 2.00. The maximum atomic E-state index is 11.8. The molecule has 0 bridgehead atoms. The Morgan fingerprint density at radius 3 is 2.65 bits per heavy atom. The van der Waals surface area contributed by atoms with Crippen molar-refractivity contribution in [2.24, 2.45) is 5.73 Å². The van der Waals surface area contributed by atoms with Gasteiger partial charge in [-0.15, -0.1) is 11.3 Å². The lowest BCUT2D eigenvalue weighted by Gasteiger charge is -2.08. The number of carbonyl (C=O) groups is 2. The maximum Gasteiger partial charge on any atom is 0.239 e. The van der Waals surface area contributed by atoms with E-state index in [4.69, 9.17) is 10.5 Å². The first-order valence-corrected chi connectivity index (χ1v) is 8.14. The van der Waals surface area contributed by atoms with Gasteiger partial charge in [0.1, 0.15) is 16.8 Å². The SMILES string of the molecule is CCOc1ccc(-c2nc(CC(=O)NC(C)C(N)=O)cs2)cc1. The van der Waals surface area contributed by atoms with E-state index in [1.165, 1.54) is 11.3 Å². The molecule has 2 rings (SSSR count). The number of nitrogens with zero attached hydrogens (tertiary/aromatic N) is 1. The fourth-order valence-electron chi connectivity index (χ4n) is 1.91. The van der Waals surface area contributed by atoms with Crippen molar-refractivity contribution in [2.75, 3.05) is 6.61 Å². The number of rotatable bonds is 7. The van der Waals surface area contributed by atoms with Crippen molar-refractivity contribution >= 4 is 23.2 Å². The van der Waals surface area contributed by atoms with Gasteiger partial charge in [0.2, 0.25) is 11.8 Å². The van der Waals surface area contributed by atoms with E-state index < -0.39 is 11.9 Å². The zero-order valence-corrected chi connectivity index (χ0v) is 13.9. The minimum atomic E-state index is -0.688. The molecule has 2 aromatic rings. The van der Waals surface area contributed by atoms with Crippen LogP contribution < -0.4 is 15.8 Å². The first-order valence-electron chi connectivity index (χ1n) is 7.26. The number of benzene rings is 1. The molecule has 0 radical (unpaired) electrons. The second-order valence-corrected chi connectivity index (χ2v) is 5.83. The van der Waals surface area contributed by atoms with Crippen LogP contribution in [0.25, 0.3) is 10.6 Å². The molecule has 0 aliphatic rings. The standard InChI is InChI=1S/C16H19N3O3S/c1-3-22-13-6-4-11(5-7-13)16-19-12(9-23-16)8-14(20)18-10(2)15(17)21/h4-7,9-10H,3,8H2,1-2H3,(H2,17,21)(H,18,20). The lowest BCUT2D eigenvalue weighted by molar-refractivity contribution is -0.126. The molecular formula is C16H19N3O3S. The second kappa shape index (κ2) is 7.73.